The fraction of sp³-hybridized carbons (Fsp3) is 0.562. The van der Waals surface area contributed by atoms with Gasteiger partial charge in [0.1, 0.15) is 5.75 Å². The summed E-state index contributed by atoms with van der Waals surface area (Å²) in [6.45, 7) is 3.08. The lowest BCUT2D eigenvalue weighted by Crippen LogP contribution is -2.35. The van der Waals surface area contributed by atoms with Crippen molar-refractivity contribution >= 4 is 5.91 Å². The van der Waals surface area contributed by atoms with Gasteiger partial charge in [-0.05, 0) is 37.8 Å². The van der Waals surface area contributed by atoms with Crippen molar-refractivity contribution in [2.24, 2.45) is 11.7 Å². The van der Waals surface area contributed by atoms with Crippen LogP contribution in [0.15, 0.2) is 24.3 Å². The Morgan fingerprint density at radius 1 is 1.45 bits per heavy atom. The zero-order valence-electron chi connectivity index (χ0n) is 12.2. The summed E-state index contributed by atoms with van der Waals surface area (Å²) in [5, 5.41) is 0. The van der Waals surface area contributed by atoms with Crippen molar-refractivity contribution in [2.75, 3.05) is 20.2 Å². The van der Waals surface area contributed by atoms with Gasteiger partial charge in [-0.25, -0.2) is 0 Å². The smallest absolute Gasteiger partial charge is 0.217 e. The summed E-state index contributed by atoms with van der Waals surface area (Å²) in [6.07, 6.45) is 3.82. The molecule has 0 spiro atoms. The molecule has 110 valence electrons. The molecule has 2 N–H and O–H groups in total. The van der Waals surface area contributed by atoms with Crippen LogP contribution in [0.1, 0.15) is 31.2 Å². The van der Waals surface area contributed by atoms with Gasteiger partial charge < -0.3 is 10.5 Å². The van der Waals surface area contributed by atoms with E-state index in [-0.39, 0.29) is 5.91 Å². The van der Waals surface area contributed by atoms with Crippen molar-refractivity contribution in [3.05, 3.63) is 29.8 Å². The van der Waals surface area contributed by atoms with Crippen molar-refractivity contribution in [3.8, 4) is 5.75 Å². The molecule has 20 heavy (non-hydrogen) atoms. The first kappa shape index (κ1) is 14.9. The lowest BCUT2D eigenvalue weighted by Gasteiger charge is -2.33. The van der Waals surface area contributed by atoms with E-state index in [0.29, 0.717) is 12.3 Å². The molecular weight excluding hydrogens is 252 g/mol. The number of ether oxygens (including phenoxy) is 1. The number of carbonyl (C=O) groups is 1. The van der Waals surface area contributed by atoms with Gasteiger partial charge >= 0.3 is 0 Å². The SMILES string of the molecule is COc1ccccc1CN1CCC[C@@H](CCC(N)=O)C1. The minimum atomic E-state index is -0.188. The average Bonchev–Trinajstić information content (AvgIpc) is 2.46. The highest BCUT2D eigenvalue weighted by Gasteiger charge is 2.21. The second-order valence-corrected chi connectivity index (χ2v) is 5.56. The van der Waals surface area contributed by atoms with Crippen LogP contribution in [0, 0.1) is 5.92 Å². The van der Waals surface area contributed by atoms with E-state index in [4.69, 9.17) is 10.5 Å². The van der Waals surface area contributed by atoms with Crippen LogP contribution in [0.3, 0.4) is 0 Å². The van der Waals surface area contributed by atoms with Gasteiger partial charge in [0, 0.05) is 25.1 Å². The Bertz CT molecular complexity index is 448. The van der Waals surface area contributed by atoms with E-state index in [2.05, 4.69) is 11.0 Å². The molecular formula is C16H24N2O2. The highest BCUT2D eigenvalue weighted by molar-refractivity contribution is 5.73. The van der Waals surface area contributed by atoms with Crippen LogP contribution in [-0.2, 0) is 11.3 Å². The number of methoxy groups -OCH3 is 1. The monoisotopic (exact) mass is 276 g/mol. The fourth-order valence-electron chi connectivity index (χ4n) is 2.95. The van der Waals surface area contributed by atoms with Gasteiger partial charge in [-0.3, -0.25) is 9.69 Å². The van der Waals surface area contributed by atoms with E-state index in [1.807, 2.05) is 18.2 Å². The molecule has 1 saturated heterocycles. The van der Waals surface area contributed by atoms with Crippen LogP contribution < -0.4 is 10.5 Å². The molecule has 0 aromatic heterocycles. The van der Waals surface area contributed by atoms with Crippen molar-refractivity contribution in [3.63, 3.8) is 0 Å². The van der Waals surface area contributed by atoms with Gasteiger partial charge in [-0.1, -0.05) is 18.2 Å². The van der Waals surface area contributed by atoms with Crippen LogP contribution in [-0.4, -0.2) is 31.0 Å². The third kappa shape index (κ3) is 4.23. The Hall–Kier alpha value is -1.55. The molecule has 0 bridgehead atoms. The molecule has 4 nitrogen and oxygen atoms in total. The normalized spacial score (nSPS) is 19.8. The van der Waals surface area contributed by atoms with Crippen molar-refractivity contribution in [1.29, 1.82) is 0 Å². The molecule has 0 unspecified atom stereocenters. The Kier molecular flexibility index (Phi) is 5.41. The van der Waals surface area contributed by atoms with Gasteiger partial charge in [0.05, 0.1) is 7.11 Å². The molecule has 1 aliphatic rings. The zero-order valence-corrected chi connectivity index (χ0v) is 12.2. The molecule has 4 heteroatoms. The first-order valence-electron chi connectivity index (χ1n) is 7.31. The summed E-state index contributed by atoms with van der Waals surface area (Å²) in [5.41, 5.74) is 6.46. The van der Waals surface area contributed by atoms with Gasteiger partial charge in [-0.15, -0.1) is 0 Å². The Morgan fingerprint density at radius 3 is 3.00 bits per heavy atom. The van der Waals surface area contributed by atoms with Crippen LogP contribution in [0.5, 0.6) is 5.75 Å². The third-order valence-corrected chi connectivity index (χ3v) is 3.99. The molecule has 1 amide bonds. The lowest BCUT2D eigenvalue weighted by molar-refractivity contribution is -0.118. The maximum Gasteiger partial charge on any atom is 0.217 e. The molecule has 0 aliphatic carbocycles. The van der Waals surface area contributed by atoms with E-state index >= 15 is 0 Å². The number of nitrogens with zero attached hydrogens (tertiary/aromatic N) is 1. The summed E-state index contributed by atoms with van der Waals surface area (Å²) in [4.78, 5) is 13.3. The zero-order chi connectivity index (χ0) is 14.4. The predicted molar refractivity (Wildman–Crippen MR) is 79.4 cm³/mol. The molecule has 1 fully saturated rings. The largest absolute Gasteiger partial charge is 0.496 e. The summed E-state index contributed by atoms with van der Waals surface area (Å²) in [6, 6.07) is 8.16. The standard InChI is InChI=1S/C16H24N2O2/c1-20-15-7-3-2-6-14(15)12-18-10-4-5-13(11-18)8-9-16(17)19/h2-3,6-7,13H,4-5,8-12H2,1H3,(H2,17,19)/t13-/m0/s1. The van der Waals surface area contributed by atoms with Gasteiger partial charge in [0.2, 0.25) is 5.91 Å². The number of likely N-dealkylation sites (tertiary alicyclic amines) is 1. The van der Waals surface area contributed by atoms with Gasteiger partial charge in [0.25, 0.3) is 0 Å². The Balaban J connectivity index is 1.90. The second kappa shape index (κ2) is 7.29. The van der Waals surface area contributed by atoms with Crippen LogP contribution in [0.2, 0.25) is 0 Å². The van der Waals surface area contributed by atoms with E-state index in [1.54, 1.807) is 7.11 Å². The quantitative estimate of drug-likeness (QED) is 0.866. The van der Waals surface area contributed by atoms with Gasteiger partial charge in [0.15, 0.2) is 0 Å². The first-order chi connectivity index (χ1) is 9.69. The number of benzene rings is 1. The number of amides is 1. The molecule has 2 rings (SSSR count). The van der Waals surface area contributed by atoms with Crippen molar-refractivity contribution in [1.82, 2.24) is 4.90 Å². The number of hydrogen-bond donors (Lipinski definition) is 1. The lowest BCUT2D eigenvalue weighted by atomic mass is 9.93. The van der Waals surface area contributed by atoms with Crippen molar-refractivity contribution < 1.29 is 9.53 Å². The number of para-hydroxylation sites is 1. The summed E-state index contributed by atoms with van der Waals surface area (Å²) in [7, 11) is 1.71. The van der Waals surface area contributed by atoms with Gasteiger partial charge in [-0.2, -0.15) is 0 Å². The fourth-order valence-corrected chi connectivity index (χ4v) is 2.95. The third-order valence-electron chi connectivity index (χ3n) is 3.99. The minimum Gasteiger partial charge on any atom is -0.496 e. The van der Waals surface area contributed by atoms with E-state index in [1.165, 1.54) is 18.4 Å². The minimum absolute atomic E-state index is 0.188. The molecule has 1 aromatic carbocycles. The Labute approximate surface area is 120 Å². The van der Waals surface area contributed by atoms with Crippen LogP contribution in [0.25, 0.3) is 0 Å². The molecule has 1 aromatic rings. The Morgan fingerprint density at radius 2 is 2.25 bits per heavy atom. The first-order valence-corrected chi connectivity index (χ1v) is 7.31. The molecule has 1 heterocycles. The molecule has 1 atom stereocenters. The maximum atomic E-state index is 10.9. The number of piperidine rings is 1. The summed E-state index contributed by atoms with van der Waals surface area (Å²) >= 11 is 0. The van der Waals surface area contributed by atoms with Crippen LogP contribution >= 0.6 is 0 Å². The summed E-state index contributed by atoms with van der Waals surface area (Å²) < 4.78 is 5.40. The second-order valence-electron chi connectivity index (χ2n) is 5.56. The molecule has 0 radical (unpaired) electrons. The molecule has 1 aliphatic heterocycles. The van der Waals surface area contributed by atoms with Crippen LogP contribution in [0.4, 0.5) is 0 Å². The number of primary amides is 1. The topological polar surface area (TPSA) is 55.6 Å². The highest BCUT2D eigenvalue weighted by atomic mass is 16.5. The summed E-state index contributed by atoms with van der Waals surface area (Å²) in [5.74, 6) is 1.35. The number of rotatable bonds is 6. The average molecular weight is 276 g/mol. The number of hydrogen-bond acceptors (Lipinski definition) is 3. The highest BCUT2D eigenvalue weighted by Crippen LogP contribution is 2.25. The van der Waals surface area contributed by atoms with E-state index in [9.17, 15) is 4.79 Å². The maximum absolute atomic E-state index is 10.9. The number of carbonyl (C=O) groups excluding carboxylic acids is 1. The van der Waals surface area contributed by atoms with Crippen molar-refractivity contribution in [2.45, 2.75) is 32.2 Å². The predicted octanol–water partition coefficient (Wildman–Crippen LogP) is 2.17. The number of nitrogens with two attached hydrogens (primary N) is 1. The molecule has 0 saturated carbocycles. The van der Waals surface area contributed by atoms with E-state index < -0.39 is 0 Å². The van der Waals surface area contributed by atoms with E-state index in [0.717, 1.165) is 31.8 Å².